The maximum Gasteiger partial charge on any atom is 0.410 e. The van der Waals surface area contributed by atoms with Crippen molar-refractivity contribution in [2.24, 2.45) is 23.7 Å². The first-order valence-corrected chi connectivity index (χ1v) is 23.8. The van der Waals surface area contributed by atoms with E-state index < -0.39 is 26.8 Å². The van der Waals surface area contributed by atoms with Crippen LogP contribution in [0.5, 0.6) is 5.75 Å². The number of amides is 2. The number of rotatable bonds is 2. The predicted octanol–water partition coefficient (Wildman–Crippen LogP) is 6.96. The standard InChI is InChI=1S/C45H64ClN5O6S/c1-30-8-6-9-34(24-48-18-19-49-20-21-50(27-37(49)26-48)43(53)57-44(3,4)5)38-14-11-35(38)25-51-28-45(17-7-10-32-22-36(46)13-15-39(32)45)29-56-41-16-12-33(23-40(41)51)42(52)47-58(54,55)31(30)2/h12-13,15-16,22-23,30-31,34-35,37-38H,6-11,14,17-21,24-29H2,1-5H3,(H,47,52)/t30-,31+,34+,35-,37+,38-,45-/m0/s1. The summed E-state index contributed by atoms with van der Waals surface area (Å²) in [5.74, 6) is 1.49. The lowest BCUT2D eigenvalue weighted by molar-refractivity contribution is -0.0225. The summed E-state index contributed by atoms with van der Waals surface area (Å²) in [7, 11) is -3.92. The van der Waals surface area contributed by atoms with Crippen LogP contribution >= 0.6 is 11.6 Å². The molecule has 2 aromatic carbocycles. The smallest absolute Gasteiger partial charge is 0.410 e. The number of nitrogens with one attached hydrogen (secondary N) is 1. The minimum absolute atomic E-state index is 0.110. The minimum Gasteiger partial charge on any atom is -0.490 e. The third-order valence-corrected chi connectivity index (χ3v) is 16.7. The van der Waals surface area contributed by atoms with Crippen LogP contribution in [-0.2, 0) is 26.6 Å². The number of halogens is 1. The van der Waals surface area contributed by atoms with Crippen LogP contribution in [0.4, 0.5) is 10.5 Å². The molecule has 318 valence electrons. The number of benzene rings is 2. The van der Waals surface area contributed by atoms with Gasteiger partial charge in [-0.3, -0.25) is 9.69 Å². The van der Waals surface area contributed by atoms with Gasteiger partial charge in [0.2, 0.25) is 10.0 Å². The highest BCUT2D eigenvalue weighted by Crippen LogP contribution is 2.48. The van der Waals surface area contributed by atoms with Crippen LogP contribution in [0.2, 0.25) is 5.02 Å². The summed E-state index contributed by atoms with van der Waals surface area (Å²) in [6.45, 7) is 17.8. The number of piperazine rings is 2. The average Bonchev–Trinajstić information content (AvgIpc) is 3.31. The summed E-state index contributed by atoms with van der Waals surface area (Å²) in [6, 6.07) is 12.0. The van der Waals surface area contributed by atoms with Crippen molar-refractivity contribution in [1.29, 1.82) is 0 Å². The topological polar surface area (TPSA) is 112 Å². The van der Waals surface area contributed by atoms with Gasteiger partial charge in [-0.25, -0.2) is 17.9 Å². The van der Waals surface area contributed by atoms with Crippen LogP contribution in [0.15, 0.2) is 36.4 Å². The molecule has 2 saturated heterocycles. The number of fused-ring (bicyclic) bond motifs is 5. The molecule has 6 aliphatic rings. The Labute approximate surface area is 351 Å². The highest BCUT2D eigenvalue weighted by Gasteiger charge is 2.45. The van der Waals surface area contributed by atoms with Crippen molar-refractivity contribution >= 4 is 39.3 Å². The van der Waals surface area contributed by atoms with Crippen molar-refractivity contribution in [2.75, 3.05) is 70.4 Å². The maximum atomic E-state index is 13.7. The molecule has 0 aromatic heterocycles. The fourth-order valence-electron chi connectivity index (χ4n) is 11.0. The Balaban J connectivity index is 1.08. The Morgan fingerprint density at radius 1 is 0.983 bits per heavy atom. The lowest BCUT2D eigenvalue weighted by Gasteiger charge is -2.50. The Bertz CT molecular complexity index is 1970. The van der Waals surface area contributed by atoms with Gasteiger partial charge in [0.25, 0.3) is 5.91 Å². The zero-order valence-electron chi connectivity index (χ0n) is 35.2. The highest BCUT2D eigenvalue weighted by atomic mass is 35.5. The summed E-state index contributed by atoms with van der Waals surface area (Å²) in [4.78, 5) is 36.3. The van der Waals surface area contributed by atoms with Crippen LogP contribution < -0.4 is 14.4 Å². The number of nitrogens with zero attached hydrogens (tertiary/aromatic N) is 4. The molecule has 0 unspecified atom stereocenters. The highest BCUT2D eigenvalue weighted by molar-refractivity contribution is 7.90. The normalized spacial score (nSPS) is 32.1. The van der Waals surface area contributed by atoms with Gasteiger partial charge in [-0.1, -0.05) is 31.0 Å². The van der Waals surface area contributed by atoms with Crippen LogP contribution in [-0.4, -0.2) is 118 Å². The monoisotopic (exact) mass is 837 g/mol. The molecule has 1 N–H and O–H groups in total. The van der Waals surface area contributed by atoms with Crippen molar-refractivity contribution in [2.45, 2.75) is 108 Å². The third-order valence-electron chi connectivity index (χ3n) is 14.5. The lowest BCUT2D eigenvalue weighted by atomic mass is 9.65. The zero-order valence-corrected chi connectivity index (χ0v) is 36.8. The van der Waals surface area contributed by atoms with Gasteiger partial charge in [-0.15, -0.1) is 0 Å². The second-order valence-corrected chi connectivity index (χ2v) is 22.0. The van der Waals surface area contributed by atoms with Gasteiger partial charge in [0, 0.05) is 80.9 Å². The van der Waals surface area contributed by atoms with E-state index in [9.17, 15) is 18.0 Å². The number of anilines is 1. The Kier molecular flexibility index (Phi) is 11.8. The molecule has 7 atom stereocenters. The van der Waals surface area contributed by atoms with E-state index in [0.29, 0.717) is 43.0 Å². The SMILES string of the molecule is C[C@@H]1[C@@H](C)CCC[C@H](CN2CCN3CCN(C(=O)OC(C)(C)C)C[C@H]3C2)[C@@H]2CC[C@H]2CN2C[C@@]3(CCCc4cc(Cl)ccc43)COc3ccc(cc32)C(=O)NS1(=O)=O. The number of aryl methyl sites for hydroxylation is 1. The van der Waals surface area contributed by atoms with Gasteiger partial charge < -0.3 is 24.2 Å². The first kappa shape index (κ1) is 41.7. The fraction of sp³-hybridized carbons (Fsp3) is 0.689. The average molecular weight is 839 g/mol. The predicted molar refractivity (Wildman–Crippen MR) is 228 cm³/mol. The number of hydrogen-bond donors (Lipinski definition) is 1. The molecule has 1 spiro atoms. The Morgan fingerprint density at radius 3 is 2.57 bits per heavy atom. The molecule has 11 nitrogen and oxygen atoms in total. The molecule has 58 heavy (non-hydrogen) atoms. The summed E-state index contributed by atoms with van der Waals surface area (Å²) >= 11 is 6.52. The van der Waals surface area contributed by atoms with E-state index in [4.69, 9.17) is 21.1 Å². The number of hydrogen-bond acceptors (Lipinski definition) is 9. The summed E-state index contributed by atoms with van der Waals surface area (Å²) in [5, 5.41) is 0.0357. The minimum atomic E-state index is -3.92. The van der Waals surface area contributed by atoms with Crippen molar-refractivity contribution in [3.05, 3.63) is 58.1 Å². The first-order valence-electron chi connectivity index (χ1n) is 21.9. The van der Waals surface area contributed by atoms with Gasteiger partial charge in [-0.2, -0.15) is 0 Å². The fourth-order valence-corrected chi connectivity index (χ4v) is 12.5. The van der Waals surface area contributed by atoms with Crippen molar-refractivity contribution in [3.63, 3.8) is 0 Å². The second-order valence-electron chi connectivity index (χ2n) is 19.5. The molecule has 4 aliphatic heterocycles. The Hall–Kier alpha value is -3.06. The second kappa shape index (κ2) is 16.4. The molecule has 1 saturated carbocycles. The maximum absolute atomic E-state index is 13.7. The molecule has 4 heterocycles. The van der Waals surface area contributed by atoms with Gasteiger partial charge in [-0.05, 0) is 138 Å². The number of carbonyl (C=O) groups is 2. The van der Waals surface area contributed by atoms with Gasteiger partial charge in [0.15, 0.2) is 0 Å². The molecule has 2 aliphatic carbocycles. The van der Waals surface area contributed by atoms with Crippen LogP contribution in [0.1, 0.15) is 101 Å². The van der Waals surface area contributed by atoms with E-state index in [-0.39, 0.29) is 23.5 Å². The van der Waals surface area contributed by atoms with Crippen LogP contribution in [0, 0.1) is 23.7 Å². The quantitative estimate of drug-likeness (QED) is 0.343. The summed E-state index contributed by atoms with van der Waals surface area (Å²) in [6.07, 6.45) is 7.87. The van der Waals surface area contributed by atoms with E-state index in [1.807, 2.05) is 50.8 Å². The van der Waals surface area contributed by atoms with Gasteiger partial charge in [0.1, 0.15) is 11.4 Å². The molecular weight excluding hydrogens is 774 g/mol. The number of carbonyl (C=O) groups excluding carboxylic acids is 2. The van der Waals surface area contributed by atoms with E-state index in [1.165, 1.54) is 17.5 Å². The van der Waals surface area contributed by atoms with E-state index in [2.05, 4.69) is 31.6 Å². The lowest BCUT2D eigenvalue weighted by Crippen LogP contribution is -2.63. The molecule has 0 radical (unpaired) electrons. The van der Waals surface area contributed by atoms with Crippen molar-refractivity contribution < 1.29 is 27.5 Å². The molecule has 8 rings (SSSR count). The summed E-state index contributed by atoms with van der Waals surface area (Å²) in [5.41, 5.74) is 2.99. The summed E-state index contributed by atoms with van der Waals surface area (Å²) < 4.78 is 42.3. The van der Waals surface area contributed by atoms with Crippen LogP contribution in [0.25, 0.3) is 0 Å². The third kappa shape index (κ3) is 8.73. The molecule has 2 aromatic rings. The molecule has 13 heteroatoms. The molecule has 2 bridgehead atoms. The largest absolute Gasteiger partial charge is 0.490 e. The molecular formula is C45H64ClN5O6S. The van der Waals surface area contributed by atoms with Crippen molar-refractivity contribution in [3.8, 4) is 5.75 Å². The first-order chi connectivity index (χ1) is 27.6. The number of ether oxygens (including phenoxy) is 2. The van der Waals surface area contributed by atoms with E-state index in [0.717, 1.165) is 107 Å². The number of sulfonamides is 1. The van der Waals surface area contributed by atoms with Crippen LogP contribution in [0.3, 0.4) is 0 Å². The molecule has 2 amide bonds. The van der Waals surface area contributed by atoms with Gasteiger partial charge >= 0.3 is 6.09 Å². The zero-order chi connectivity index (χ0) is 41.0. The van der Waals surface area contributed by atoms with E-state index >= 15 is 0 Å². The van der Waals surface area contributed by atoms with E-state index in [1.54, 1.807) is 13.0 Å². The van der Waals surface area contributed by atoms with Crippen molar-refractivity contribution in [1.82, 2.24) is 19.4 Å². The Morgan fingerprint density at radius 2 is 1.79 bits per heavy atom. The van der Waals surface area contributed by atoms with Gasteiger partial charge in [0.05, 0.1) is 17.5 Å². The molecule has 3 fully saturated rings.